The first kappa shape index (κ1) is 14.8. The third-order valence-corrected chi connectivity index (χ3v) is 4.40. The Kier molecular flexibility index (Phi) is 6.07. The predicted molar refractivity (Wildman–Crippen MR) is 82.2 cm³/mol. The normalized spacial score (nSPS) is 15.0. The molecule has 0 spiro atoms. The zero-order chi connectivity index (χ0) is 13.5. The summed E-state index contributed by atoms with van der Waals surface area (Å²) in [6.45, 7) is 2.29. The molecule has 1 aromatic rings. The van der Waals surface area contributed by atoms with Crippen molar-refractivity contribution in [2.45, 2.75) is 19.3 Å². The second-order valence-corrected chi connectivity index (χ2v) is 7.13. The Balaban J connectivity index is 1.52. The Hall–Kier alpha value is -0.650. The molecule has 0 bridgehead atoms. The van der Waals surface area contributed by atoms with Crippen molar-refractivity contribution in [3.8, 4) is 0 Å². The van der Waals surface area contributed by atoms with Crippen molar-refractivity contribution >= 4 is 39.2 Å². The van der Waals surface area contributed by atoms with Crippen molar-refractivity contribution in [1.82, 2.24) is 5.32 Å². The van der Waals surface area contributed by atoms with Crippen LogP contribution in [0, 0.1) is 5.92 Å². The van der Waals surface area contributed by atoms with E-state index in [4.69, 9.17) is 4.74 Å². The third kappa shape index (κ3) is 6.36. The summed E-state index contributed by atoms with van der Waals surface area (Å²) in [5, 5.41) is 2.85. The van der Waals surface area contributed by atoms with Crippen LogP contribution >= 0.6 is 27.3 Å². The van der Waals surface area contributed by atoms with E-state index in [-0.39, 0.29) is 5.91 Å². The van der Waals surface area contributed by atoms with Crippen LogP contribution in [0.1, 0.15) is 24.1 Å². The molecule has 1 saturated carbocycles. The second kappa shape index (κ2) is 7.82. The van der Waals surface area contributed by atoms with Gasteiger partial charge < -0.3 is 10.1 Å². The Labute approximate surface area is 126 Å². The van der Waals surface area contributed by atoms with E-state index in [0.717, 1.165) is 34.2 Å². The topological polar surface area (TPSA) is 38.3 Å². The molecule has 1 aliphatic rings. The zero-order valence-corrected chi connectivity index (χ0v) is 13.1. The molecule has 1 heterocycles. The summed E-state index contributed by atoms with van der Waals surface area (Å²) < 4.78 is 6.57. The van der Waals surface area contributed by atoms with Gasteiger partial charge in [-0.05, 0) is 59.3 Å². The summed E-state index contributed by atoms with van der Waals surface area (Å²) in [5.74, 6) is 0.759. The van der Waals surface area contributed by atoms with Crippen LogP contribution in [0.15, 0.2) is 22.0 Å². The van der Waals surface area contributed by atoms with E-state index < -0.39 is 0 Å². The lowest BCUT2D eigenvalue weighted by atomic mass is 10.4. The van der Waals surface area contributed by atoms with Gasteiger partial charge >= 0.3 is 0 Å². The Morgan fingerprint density at radius 1 is 1.53 bits per heavy atom. The SMILES string of the molecule is O=C(/C=C/c1ccc(Br)s1)NCCCOCC1CC1. The summed E-state index contributed by atoms with van der Waals surface area (Å²) in [6.07, 6.45) is 6.91. The van der Waals surface area contributed by atoms with E-state index in [1.807, 2.05) is 18.2 Å². The minimum absolute atomic E-state index is 0.0493. The lowest BCUT2D eigenvalue weighted by Gasteiger charge is -2.03. The van der Waals surface area contributed by atoms with Crippen LogP contribution < -0.4 is 5.32 Å². The molecule has 1 N–H and O–H groups in total. The van der Waals surface area contributed by atoms with Crippen LogP contribution in [-0.2, 0) is 9.53 Å². The summed E-state index contributed by atoms with van der Waals surface area (Å²) >= 11 is 4.99. The zero-order valence-electron chi connectivity index (χ0n) is 10.7. The Morgan fingerprint density at radius 3 is 3.05 bits per heavy atom. The molecular formula is C14H18BrNO2S. The second-order valence-electron chi connectivity index (χ2n) is 4.64. The van der Waals surface area contributed by atoms with E-state index in [0.29, 0.717) is 6.54 Å². The molecule has 2 rings (SSSR count). The molecule has 0 saturated heterocycles. The monoisotopic (exact) mass is 343 g/mol. The van der Waals surface area contributed by atoms with E-state index in [1.165, 1.54) is 12.8 Å². The first-order valence-corrected chi connectivity index (χ1v) is 8.14. The van der Waals surface area contributed by atoms with Crippen molar-refractivity contribution in [3.05, 3.63) is 26.9 Å². The van der Waals surface area contributed by atoms with Crippen LogP contribution in [0.4, 0.5) is 0 Å². The lowest BCUT2D eigenvalue weighted by Crippen LogP contribution is -2.23. The first-order chi connectivity index (χ1) is 9.24. The Bertz CT molecular complexity index is 440. The number of halogens is 1. The molecule has 104 valence electrons. The standard InChI is InChI=1S/C14H18BrNO2S/c15-13-6-4-12(19-13)5-7-14(17)16-8-1-9-18-10-11-2-3-11/h4-7,11H,1-3,8-10H2,(H,16,17)/b7-5+. The minimum atomic E-state index is -0.0493. The molecular weight excluding hydrogens is 326 g/mol. The van der Waals surface area contributed by atoms with Crippen LogP contribution in [0.5, 0.6) is 0 Å². The highest BCUT2D eigenvalue weighted by atomic mass is 79.9. The number of hydrogen-bond donors (Lipinski definition) is 1. The first-order valence-electron chi connectivity index (χ1n) is 6.53. The molecule has 3 nitrogen and oxygen atoms in total. The molecule has 1 aromatic heterocycles. The van der Waals surface area contributed by atoms with Gasteiger partial charge in [-0.3, -0.25) is 4.79 Å². The molecule has 0 aromatic carbocycles. The Morgan fingerprint density at radius 2 is 2.37 bits per heavy atom. The number of thiophene rings is 1. The fourth-order valence-electron chi connectivity index (χ4n) is 1.55. The van der Waals surface area contributed by atoms with Crippen molar-refractivity contribution in [3.63, 3.8) is 0 Å². The molecule has 0 radical (unpaired) electrons. The number of nitrogens with one attached hydrogen (secondary N) is 1. The summed E-state index contributed by atoms with van der Waals surface area (Å²) in [7, 11) is 0. The predicted octanol–water partition coefficient (Wildman–Crippen LogP) is 3.46. The average Bonchev–Trinajstić information content (AvgIpc) is 3.12. The quantitative estimate of drug-likeness (QED) is 0.579. The van der Waals surface area contributed by atoms with Crippen molar-refractivity contribution in [2.24, 2.45) is 5.92 Å². The summed E-state index contributed by atoms with van der Waals surface area (Å²) in [4.78, 5) is 12.6. The lowest BCUT2D eigenvalue weighted by molar-refractivity contribution is -0.116. The van der Waals surface area contributed by atoms with Gasteiger partial charge in [0.25, 0.3) is 0 Å². The van der Waals surface area contributed by atoms with Crippen LogP contribution in [0.25, 0.3) is 6.08 Å². The average molecular weight is 344 g/mol. The number of carbonyl (C=O) groups excluding carboxylic acids is 1. The highest BCUT2D eigenvalue weighted by molar-refractivity contribution is 9.11. The number of ether oxygens (including phenoxy) is 1. The van der Waals surface area contributed by atoms with Crippen LogP contribution in [0.2, 0.25) is 0 Å². The van der Waals surface area contributed by atoms with Gasteiger partial charge in [0, 0.05) is 30.7 Å². The van der Waals surface area contributed by atoms with E-state index in [1.54, 1.807) is 17.4 Å². The number of carbonyl (C=O) groups is 1. The van der Waals surface area contributed by atoms with Gasteiger partial charge in [-0.2, -0.15) is 0 Å². The van der Waals surface area contributed by atoms with Gasteiger partial charge in [-0.25, -0.2) is 0 Å². The smallest absolute Gasteiger partial charge is 0.244 e. The van der Waals surface area contributed by atoms with Gasteiger partial charge in [0.05, 0.1) is 3.79 Å². The molecule has 5 heteroatoms. The minimum Gasteiger partial charge on any atom is -0.381 e. The number of hydrogen-bond acceptors (Lipinski definition) is 3. The fourth-order valence-corrected chi connectivity index (χ4v) is 2.88. The molecule has 1 amide bonds. The highest BCUT2D eigenvalue weighted by Gasteiger charge is 2.20. The molecule has 1 aliphatic carbocycles. The summed E-state index contributed by atoms with van der Waals surface area (Å²) in [5.41, 5.74) is 0. The van der Waals surface area contributed by atoms with Gasteiger partial charge in [-0.1, -0.05) is 0 Å². The highest BCUT2D eigenvalue weighted by Crippen LogP contribution is 2.28. The van der Waals surface area contributed by atoms with Crippen LogP contribution in [-0.4, -0.2) is 25.7 Å². The largest absolute Gasteiger partial charge is 0.381 e. The maximum Gasteiger partial charge on any atom is 0.244 e. The van der Waals surface area contributed by atoms with Gasteiger partial charge in [0.2, 0.25) is 5.91 Å². The van der Waals surface area contributed by atoms with Crippen molar-refractivity contribution < 1.29 is 9.53 Å². The molecule has 0 unspecified atom stereocenters. The van der Waals surface area contributed by atoms with E-state index in [9.17, 15) is 4.79 Å². The molecule has 1 fully saturated rings. The van der Waals surface area contributed by atoms with Crippen molar-refractivity contribution in [1.29, 1.82) is 0 Å². The number of amides is 1. The van der Waals surface area contributed by atoms with E-state index in [2.05, 4.69) is 21.2 Å². The maximum absolute atomic E-state index is 11.5. The fraction of sp³-hybridized carbons (Fsp3) is 0.500. The van der Waals surface area contributed by atoms with Crippen molar-refractivity contribution in [2.75, 3.05) is 19.8 Å². The van der Waals surface area contributed by atoms with Gasteiger partial charge in [0.15, 0.2) is 0 Å². The molecule has 0 atom stereocenters. The molecule has 0 aliphatic heterocycles. The third-order valence-electron chi connectivity index (χ3n) is 2.81. The van der Waals surface area contributed by atoms with E-state index >= 15 is 0 Å². The number of rotatable bonds is 8. The maximum atomic E-state index is 11.5. The summed E-state index contributed by atoms with van der Waals surface area (Å²) in [6, 6.07) is 3.95. The van der Waals surface area contributed by atoms with Gasteiger partial charge in [0.1, 0.15) is 0 Å². The van der Waals surface area contributed by atoms with Gasteiger partial charge in [-0.15, -0.1) is 11.3 Å². The van der Waals surface area contributed by atoms with Crippen LogP contribution in [0.3, 0.4) is 0 Å². The molecule has 19 heavy (non-hydrogen) atoms.